The van der Waals surface area contributed by atoms with Gasteiger partial charge in [-0.15, -0.1) is 0 Å². The molecule has 3 atom stereocenters. The lowest BCUT2D eigenvalue weighted by Gasteiger charge is -2.37. The number of hydrogen-bond acceptors (Lipinski definition) is 3. The Morgan fingerprint density at radius 1 is 1.15 bits per heavy atom. The van der Waals surface area contributed by atoms with Crippen molar-refractivity contribution < 1.29 is 18.1 Å². The molecular formula is C19H15F3N2O2. The van der Waals surface area contributed by atoms with E-state index in [1.807, 2.05) is 18.2 Å². The van der Waals surface area contributed by atoms with Crippen LogP contribution in [-0.4, -0.2) is 4.92 Å². The molecule has 4 nitrogen and oxygen atoms in total. The third-order valence-corrected chi connectivity index (χ3v) is 5.13. The van der Waals surface area contributed by atoms with Crippen LogP contribution in [0.3, 0.4) is 0 Å². The van der Waals surface area contributed by atoms with Crippen LogP contribution in [0.5, 0.6) is 0 Å². The van der Waals surface area contributed by atoms with Crippen molar-refractivity contribution >= 4 is 11.4 Å². The smallest absolute Gasteiger partial charge is 0.378 e. The number of non-ortho nitro benzene ring substituents is 1. The molecule has 2 aromatic rings. The molecule has 0 spiro atoms. The molecule has 26 heavy (non-hydrogen) atoms. The number of anilines is 1. The van der Waals surface area contributed by atoms with E-state index in [-0.39, 0.29) is 23.6 Å². The first-order chi connectivity index (χ1) is 12.3. The fourth-order valence-corrected chi connectivity index (χ4v) is 3.93. The summed E-state index contributed by atoms with van der Waals surface area (Å²) in [5, 5.41) is 14.4. The van der Waals surface area contributed by atoms with Crippen LogP contribution in [0.15, 0.2) is 54.6 Å². The lowest BCUT2D eigenvalue weighted by Crippen LogP contribution is -2.29. The summed E-state index contributed by atoms with van der Waals surface area (Å²) in [5.41, 5.74) is 1.38. The summed E-state index contributed by atoms with van der Waals surface area (Å²) in [6.45, 7) is 0. The van der Waals surface area contributed by atoms with Gasteiger partial charge in [-0.3, -0.25) is 10.1 Å². The minimum absolute atomic E-state index is 0.00465. The maximum atomic E-state index is 13.1. The van der Waals surface area contributed by atoms with Crippen molar-refractivity contribution in [3.8, 4) is 0 Å². The SMILES string of the molecule is O=[N+]([O-])c1cccc([C@@H]2Nc3ccc(C(F)(F)F)cc3[C@H]3C=CC[C@H]32)c1. The van der Waals surface area contributed by atoms with E-state index < -0.39 is 16.7 Å². The minimum Gasteiger partial charge on any atom is -0.378 e. The summed E-state index contributed by atoms with van der Waals surface area (Å²) in [4.78, 5) is 10.6. The summed E-state index contributed by atoms with van der Waals surface area (Å²) in [6.07, 6.45) is 0.232. The van der Waals surface area contributed by atoms with Gasteiger partial charge in [0.05, 0.1) is 16.5 Å². The monoisotopic (exact) mass is 360 g/mol. The molecule has 1 heterocycles. The Morgan fingerprint density at radius 3 is 2.69 bits per heavy atom. The number of nitro groups is 1. The minimum atomic E-state index is -4.39. The number of benzene rings is 2. The van der Waals surface area contributed by atoms with Gasteiger partial charge in [0.25, 0.3) is 5.69 Å². The zero-order valence-corrected chi connectivity index (χ0v) is 13.5. The molecule has 1 aliphatic heterocycles. The summed E-state index contributed by atoms with van der Waals surface area (Å²) in [6, 6.07) is 9.94. The molecule has 0 saturated carbocycles. The lowest BCUT2D eigenvalue weighted by atomic mass is 9.76. The molecule has 4 rings (SSSR count). The number of alkyl halides is 3. The Hall–Kier alpha value is -2.83. The van der Waals surface area contributed by atoms with Crippen molar-refractivity contribution in [1.29, 1.82) is 0 Å². The van der Waals surface area contributed by atoms with Crippen LogP contribution < -0.4 is 5.32 Å². The van der Waals surface area contributed by atoms with E-state index in [1.165, 1.54) is 24.3 Å². The molecule has 0 amide bonds. The van der Waals surface area contributed by atoms with E-state index in [2.05, 4.69) is 5.32 Å². The maximum Gasteiger partial charge on any atom is 0.416 e. The van der Waals surface area contributed by atoms with E-state index in [0.717, 1.165) is 11.6 Å². The third-order valence-electron chi connectivity index (χ3n) is 5.13. The van der Waals surface area contributed by atoms with Crippen LogP contribution in [0.2, 0.25) is 0 Å². The van der Waals surface area contributed by atoms with E-state index in [9.17, 15) is 23.3 Å². The van der Waals surface area contributed by atoms with Gasteiger partial charge in [0, 0.05) is 23.7 Å². The van der Waals surface area contributed by atoms with Gasteiger partial charge in [-0.2, -0.15) is 13.2 Å². The number of hydrogen-bond donors (Lipinski definition) is 1. The molecule has 0 bridgehead atoms. The van der Waals surface area contributed by atoms with Crippen LogP contribution in [0, 0.1) is 16.0 Å². The largest absolute Gasteiger partial charge is 0.416 e. The molecule has 2 aliphatic rings. The molecule has 1 aliphatic carbocycles. The van der Waals surface area contributed by atoms with Crippen LogP contribution in [0.1, 0.15) is 35.1 Å². The Labute approximate surface area is 147 Å². The quantitative estimate of drug-likeness (QED) is 0.441. The second-order valence-corrected chi connectivity index (χ2v) is 6.63. The van der Waals surface area contributed by atoms with E-state index in [1.54, 1.807) is 6.07 Å². The number of rotatable bonds is 2. The zero-order valence-electron chi connectivity index (χ0n) is 13.5. The molecule has 0 saturated heterocycles. The predicted molar refractivity (Wildman–Crippen MR) is 90.9 cm³/mol. The second kappa shape index (κ2) is 5.86. The van der Waals surface area contributed by atoms with E-state index in [0.29, 0.717) is 17.7 Å². The average Bonchev–Trinajstić information content (AvgIpc) is 3.10. The number of nitro benzene ring substituents is 1. The first kappa shape index (κ1) is 16.6. The highest BCUT2D eigenvalue weighted by Crippen LogP contribution is 2.50. The topological polar surface area (TPSA) is 55.2 Å². The molecule has 134 valence electrons. The normalized spacial score (nSPS) is 23.9. The van der Waals surface area contributed by atoms with Gasteiger partial charge in [0.15, 0.2) is 0 Å². The van der Waals surface area contributed by atoms with Gasteiger partial charge in [-0.1, -0.05) is 24.3 Å². The molecule has 0 unspecified atom stereocenters. The van der Waals surface area contributed by atoms with Gasteiger partial charge in [-0.25, -0.2) is 0 Å². The molecule has 0 fully saturated rings. The zero-order chi connectivity index (χ0) is 18.5. The fourth-order valence-electron chi connectivity index (χ4n) is 3.93. The molecule has 7 heteroatoms. The number of halogens is 3. The van der Waals surface area contributed by atoms with Gasteiger partial charge in [0.1, 0.15) is 0 Å². The highest BCUT2D eigenvalue weighted by atomic mass is 19.4. The van der Waals surface area contributed by atoms with Crippen molar-refractivity contribution in [2.45, 2.75) is 24.6 Å². The van der Waals surface area contributed by atoms with Crippen LogP contribution in [-0.2, 0) is 6.18 Å². The van der Waals surface area contributed by atoms with E-state index in [4.69, 9.17) is 0 Å². The summed E-state index contributed by atoms with van der Waals surface area (Å²) in [7, 11) is 0. The third kappa shape index (κ3) is 2.73. The Kier molecular flexibility index (Phi) is 3.75. The predicted octanol–water partition coefficient (Wildman–Crippen LogP) is 5.44. The fraction of sp³-hybridized carbons (Fsp3) is 0.263. The summed E-state index contributed by atoms with van der Waals surface area (Å²) in [5.74, 6) is -0.120. The lowest BCUT2D eigenvalue weighted by molar-refractivity contribution is -0.384. The van der Waals surface area contributed by atoms with Crippen molar-refractivity contribution in [2.24, 2.45) is 5.92 Å². The maximum absolute atomic E-state index is 13.1. The molecule has 2 aromatic carbocycles. The molecule has 0 radical (unpaired) electrons. The first-order valence-corrected chi connectivity index (χ1v) is 8.23. The first-order valence-electron chi connectivity index (χ1n) is 8.23. The van der Waals surface area contributed by atoms with Crippen LogP contribution in [0.25, 0.3) is 0 Å². The van der Waals surface area contributed by atoms with Gasteiger partial charge >= 0.3 is 6.18 Å². The van der Waals surface area contributed by atoms with Crippen molar-refractivity contribution in [3.63, 3.8) is 0 Å². The Morgan fingerprint density at radius 2 is 1.96 bits per heavy atom. The molecule has 1 N–H and O–H groups in total. The van der Waals surface area contributed by atoms with Crippen LogP contribution in [0.4, 0.5) is 24.5 Å². The van der Waals surface area contributed by atoms with Gasteiger partial charge in [-0.05, 0) is 41.7 Å². The highest BCUT2D eigenvalue weighted by Gasteiger charge is 2.40. The summed E-state index contributed by atoms with van der Waals surface area (Å²) >= 11 is 0. The highest BCUT2D eigenvalue weighted by molar-refractivity contribution is 5.61. The van der Waals surface area contributed by atoms with E-state index >= 15 is 0 Å². The number of nitrogens with one attached hydrogen (secondary N) is 1. The molecule has 0 aromatic heterocycles. The van der Waals surface area contributed by atoms with Crippen molar-refractivity contribution in [1.82, 2.24) is 0 Å². The average molecular weight is 360 g/mol. The van der Waals surface area contributed by atoms with Gasteiger partial charge in [0.2, 0.25) is 0 Å². The molecular weight excluding hydrogens is 345 g/mol. The number of nitrogens with zero attached hydrogens (tertiary/aromatic N) is 1. The van der Waals surface area contributed by atoms with Crippen molar-refractivity contribution in [3.05, 3.63) is 81.4 Å². The summed E-state index contributed by atoms with van der Waals surface area (Å²) < 4.78 is 39.2. The van der Waals surface area contributed by atoms with Gasteiger partial charge < -0.3 is 5.32 Å². The Balaban J connectivity index is 1.76. The second-order valence-electron chi connectivity index (χ2n) is 6.63. The number of allylic oxidation sites excluding steroid dienone is 2. The Bertz CT molecular complexity index is 908. The standard InChI is InChI=1S/C19H15F3N2O2/c20-19(21,22)12-7-8-17-16(10-12)14-5-2-6-15(14)18(23-17)11-3-1-4-13(9-11)24(25)26/h1-5,7-10,14-15,18,23H,6H2/t14-,15+,18-/m0/s1. The van der Waals surface area contributed by atoms with Crippen molar-refractivity contribution in [2.75, 3.05) is 5.32 Å². The van der Waals surface area contributed by atoms with Crippen LogP contribution >= 0.6 is 0 Å². The number of fused-ring (bicyclic) bond motifs is 3.